The predicted octanol–water partition coefficient (Wildman–Crippen LogP) is 2.82. The Hall–Kier alpha value is -0.820. The van der Waals surface area contributed by atoms with Gasteiger partial charge >= 0.3 is 0 Å². The smallest absolute Gasteiger partial charge is 0.0772 e. The van der Waals surface area contributed by atoms with Crippen LogP contribution >= 0.6 is 11.3 Å². The molecule has 0 amide bonds. The molecule has 2 nitrogen and oxygen atoms in total. The van der Waals surface area contributed by atoms with Gasteiger partial charge in [-0.05, 0) is 38.1 Å². The lowest BCUT2D eigenvalue weighted by molar-refractivity contribution is 0.241. The number of likely N-dealkylation sites (tertiary alicyclic amines) is 1. The van der Waals surface area contributed by atoms with E-state index in [1.54, 1.807) is 0 Å². The first kappa shape index (κ1) is 13.6. The quantitative estimate of drug-likeness (QED) is 0.830. The normalized spacial score (nSPS) is 17.6. The van der Waals surface area contributed by atoms with E-state index in [9.17, 15) is 0 Å². The molecule has 2 rings (SSSR count). The van der Waals surface area contributed by atoms with Crippen molar-refractivity contribution in [2.75, 3.05) is 19.6 Å². The number of hydrogen-bond acceptors (Lipinski definition) is 3. The van der Waals surface area contributed by atoms with Gasteiger partial charge in [-0.2, -0.15) is 0 Å². The van der Waals surface area contributed by atoms with Crippen LogP contribution < -0.4 is 5.73 Å². The van der Waals surface area contributed by atoms with Crippen molar-refractivity contribution in [2.45, 2.75) is 38.6 Å². The highest BCUT2D eigenvalue weighted by Gasteiger charge is 2.09. The van der Waals surface area contributed by atoms with Crippen LogP contribution in [0, 0.1) is 11.8 Å². The summed E-state index contributed by atoms with van der Waals surface area (Å²) >= 11 is 1.81. The molecule has 18 heavy (non-hydrogen) atoms. The molecule has 1 saturated heterocycles. The van der Waals surface area contributed by atoms with Crippen molar-refractivity contribution >= 4 is 11.3 Å². The largest absolute Gasteiger partial charge is 0.320 e. The molecule has 0 aliphatic carbocycles. The number of thiophene rings is 1. The van der Waals surface area contributed by atoms with Gasteiger partial charge in [-0.25, -0.2) is 0 Å². The van der Waals surface area contributed by atoms with Crippen molar-refractivity contribution in [2.24, 2.45) is 5.73 Å². The first-order chi connectivity index (χ1) is 8.88. The Bertz CT molecular complexity index is 406. The third-order valence-electron chi connectivity index (χ3n) is 3.30. The first-order valence-corrected chi connectivity index (χ1v) is 7.70. The van der Waals surface area contributed by atoms with Gasteiger partial charge in [0.1, 0.15) is 0 Å². The highest BCUT2D eigenvalue weighted by Crippen LogP contribution is 2.19. The lowest BCUT2D eigenvalue weighted by atomic mass is 10.1. The molecule has 0 bridgehead atoms. The van der Waals surface area contributed by atoms with Gasteiger partial charge in [0.25, 0.3) is 0 Å². The van der Waals surface area contributed by atoms with Crippen LogP contribution in [0.25, 0.3) is 0 Å². The topological polar surface area (TPSA) is 29.3 Å². The second-order valence-electron chi connectivity index (χ2n) is 4.82. The standard InChI is InChI=1S/C15H22N2S/c16-10-6-7-14-8-9-15(18-14)13-17-11-4-2-1-3-5-12-17/h8-9H,1-5,10-13,16H2. The summed E-state index contributed by atoms with van der Waals surface area (Å²) in [6.45, 7) is 4.04. The zero-order valence-electron chi connectivity index (χ0n) is 11.0. The van der Waals surface area contributed by atoms with Crippen LogP contribution in [0.15, 0.2) is 12.1 Å². The zero-order valence-corrected chi connectivity index (χ0v) is 11.8. The molecule has 1 aliphatic heterocycles. The summed E-state index contributed by atoms with van der Waals surface area (Å²) in [5, 5.41) is 0. The van der Waals surface area contributed by atoms with Gasteiger partial charge < -0.3 is 5.73 Å². The first-order valence-electron chi connectivity index (χ1n) is 6.88. The lowest BCUT2D eigenvalue weighted by Gasteiger charge is -2.23. The highest BCUT2D eigenvalue weighted by molar-refractivity contribution is 7.12. The van der Waals surface area contributed by atoms with Crippen molar-refractivity contribution in [3.63, 3.8) is 0 Å². The Morgan fingerprint density at radius 3 is 2.56 bits per heavy atom. The Kier molecular flexibility index (Phi) is 5.73. The zero-order chi connectivity index (χ0) is 12.6. The lowest BCUT2D eigenvalue weighted by Crippen LogP contribution is -2.26. The highest BCUT2D eigenvalue weighted by atomic mass is 32.1. The molecular weight excluding hydrogens is 240 g/mol. The second-order valence-corrected chi connectivity index (χ2v) is 5.98. The van der Waals surface area contributed by atoms with E-state index in [0.29, 0.717) is 6.54 Å². The Morgan fingerprint density at radius 2 is 1.83 bits per heavy atom. The van der Waals surface area contributed by atoms with Gasteiger partial charge in [0.15, 0.2) is 0 Å². The van der Waals surface area contributed by atoms with Gasteiger partial charge in [0.05, 0.1) is 11.4 Å². The number of rotatable bonds is 2. The molecule has 2 N–H and O–H groups in total. The number of nitrogens with zero attached hydrogens (tertiary/aromatic N) is 1. The Labute approximate surface area is 114 Å². The van der Waals surface area contributed by atoms with Crippen LogP contribution in [0.2, 0.25) is 0 Å². The van der Waals surface area contributed by atoms with Crippen molar-refractivity contribution in [1.82, 2.24) is 4.90 Å². The SMILES string of the molecule is NCC#Cc1ccc(CN2CCCCCCC2)s1. The Balaban J connectivity index is 1.89. The van der Waals surface area contributed by atoms with Gasteiger partial charge in [-0.15, -0.1) is 11.3 Å². The summed E-state index contributed by atoms with van der Waals surface area (Å²) in [5.41, 5.74) is 5.39. The van der Waals surface area contributed by atoms with E-state index in [0.717, 1.165) is 11.4 Å². The molecule has 3 heteroatoms. The molecule has 0 aromatic carbocycles. The minimum absolute atomic E-state index is 0.444. The Morgan fingerprint density at radius 1 is 1.11 bits per heavy atom. The third-order valence-corrected chi connectivity index (χ3v) is 4.29. The molecule has 2 heterocycles. The third kappa shape index (κ3) is 4.45. The van der Waals surface area contributed by atoms with E-state index in [2.05, 4.69) is 28.9 Å². The molecule has 1 aliphatic rings. The van der Waals surface area contributed by atoms with Crippen molar-refractivity contribution in [1.29, 1.82) is 0 Å². The van der Waals surface area contributed by atoms with Crippen LogP contribution in [-0.4, -0.2) is 24.5 Å². The van der Waals surface area contributed by atoms with Crippen LogP contribution in [0.5, 0.6) is 0 Å². The maximum absolute atomic E-state index is 5.39. The monoisotopic (exact) mass is 262 g/mol. The molecule has 1 aromatic rings. The fourth-order valence-corrected chi connectivity index (χ4v) is 3.28. The van der Waals surface area contributed by atoms with E-state index in [-0.39, 0.29) is 0 Å². The second kappa shape index (κ2) is 7.58. The van der Waals surface area contributed by atoms with Gasteiger partial charge in [-0.3, -0.25) is 4.90 Å². The summed E-state index contributed by atoms with van der Waals surface area (Å²) in [7, 11) is 0. The molecule has 1 aromatic heterocycles. The summed E-state index contributed by atoms with van der Waals surface area (Å²) in [6, 6.07) is 4.33. The molecule has 0 radical (unpaired) electrons. The maximum atomic E-state index is 5.39. The molecule has 0 atom stereocenters. The number of nitrogens with two attached hydrogens (primary N) is 1. The molecule has 1 fully saturated rings. The average molecular weight is 262 g/mol. The van der Waals surface area contributed by atoms with E-state index < -0.39 is 0 Å². The molecule has 0 saturated carbocycles. The van der Waals surface area contributed by atoms with E-state index >= 15 is 0 Å². The van der Waals surface area contributed by atoms with Gasteiger partial charge in [0, 0.05) is 11.4 Å². The van der Waals surface area contributed by atoms with Crippen molar-refractivity contribution in [3.05, 3.63) is 21.9 Å². The van der Waals surface area contributed by atoms with Crippen molar-refractivity contribution < 1.29 is 0 Å². The summed E-state index contributed by atoms with van der Waals surface area (Å²) in [5.74, 6) is 6.02. The van der Waals surface area contributed by atoms with Gasteiger partial charge in [-0.1, -0.05) is 31.1 Å². The minimum Gasteiger partial charge on any atom is -0.320 e. The number of hydrogen-bond donors (Lipinski definition) is 1. The molecule has 0 spiro atoms. The molecule has 0 unspecified atom stereocenters. The van der Waals surface area contributed by atoms with E-state index in [4.69, 9.17) is 5.73 Å². The van der Waals surface area contributed by atoms with Crippen LogP contribution in [-0.2, 0) is 6.54 Å². The fraction of sp³-hybridized carbons (Fsp3) is 0.600. The fourth-order valence-electron chi connectivity index (χ4n) is 2.36. The van der Waals surface area contributed by atoms with Crippen LogP contribution in [0.4, 0.5) is 0 Å². The van der Waals surface area contributed by atoms with E-state index in [1.165, 1.54) is 50.1 Å². The minimum atomic E-state index is 0.444. The van der Waals surface area contributed by atoms with Gasteiger partial charge in [0.2, 0.25) is 0 Å². The molecular formula is C15H22N2S. The van der Waals surface area contributed by atoms with Crippen LogP contribution in [0.1, 0.15) is 41.9 Å². The summed E-state index contributed by atoms with van der Waals surface area (Å²) in [6.07, 6.45) is 6.92. The predicted molar refractivity (Wildman–Crippen MR) is 78.6 cm³/mol. The summed E-state index contributed by atoms with van der Waals surface area (Å²) in [4.78, 5) is 5.16. The molecule has 98 valence electrons. The summed E-state index contributed by atoms with van der Waals surface area (Å²) < 4.78 is 0. The average Bonchev–Trinajstić information content (AvgIpc) is 2.77. The van der Waals surface area contributed by atoms with Crippen molar-refractivity contribution in [3.8, 4) is 11.8 Å². The van der Waals surface area contributed by atoms with Crippen LogP contribution in [0.3, 0.4) is 0 Å². The maximum Gasteiger partial charge on any atom is 0.0772 e. The van der Waals surface area contributed by atoms with E-state index in [1.807, 2.05) is 11.3 Å².